The molecule has 0 radical (unpaired) electrons. The largest absolute Gasteiger partial charge is 0.345 e. The fourth-order valence-electron chi connectivity index (χ4n) is 1.82. The Hall–Kier alpha value is -0.570. The zero-order chi connectivity index (χ0) is 9.68. The van der Waals surface area contributed by atoms with Gasteiger partial charge in [-0.25, -0.2) is 0 Å². The average Bonchev–Trinajstić information content (AvgIpc) is 2.17. The van der Waals surface area contributed by atoms with E-state index in [1.54, 1.807) is 0 Å². The van der Waals surface area contributed by atoms with Crippen molar-refractivity contribution in [3.63, 3.8) is 0 Å². The van der Waals surface area contributed by atoms with Crippen molar-refractivity contribution in [3.8, 4) is 0 Å². The number of likely N-dealkylation sites (tertiary alicyclic amines) is 1. The highest BCUT2D eigenvalue weighted by atomic mass is 16.1. The first-order chi connectivity index (χ1) is 6.26. The average molecular weight is 184 g/mol. The summed E-state index contributed by atoms with van der Waals surface area (Å²) < 4.78 is 0. The van der Waals surface area contributed by atoms with Gasteiger partial charge in [0.05, 0.1) is 0 Å². The highest BCUT2D eigenvalue weighted by molar-refractivity contribution is 5.46. The molecule has 1 heterocycles. The molecule has 1 amide bonds. The summed E-state index contributed by atoms with van der Waals surface area (Å²) in [5, 5.41) is 0. The summed E-state index contributed by atoms with van der Waals surface area (Å²) in [5.41, 5.74) is 0. The molecule has 0 aromatic carbocycles. The van der Waals surface area contributed by atoms with E-state index < -0.39 is 0 Å². The Morgan fingerprint density at radius 1 is 1.46 bits per heavy atom. The molecule has 76 valence electrons. The number of hydrogen-bond donors (Lipinski definition) is 0. The van der Waals surface area contributed by atoms with Gasteiger partial charge in [-0.3, -0.25) is 4.79 Å². The van der Waals surface area contributed by atoms with E-state index in [1.807, 2.05) is 11.8 Å². The van der Waals surface area contributed by atoms with E-state index in [-0.39, 0.29) is 0 Å². The van der Waals surface area contributed by atoms with Crippen LogP contribution in [0.4, 0.5) is 0 Å². The maximum atomic E-state index is 10.6. The molecular formula is C10H20N2O. The Kier molecular flexibility index (Phi) is 4.22. The van der Waals surface area contributed by atoms with Crippen molar-refractivity contribution in [2.45, 2.75) is 19.8 Å². The van der Waals surface area contributed by atoms with Gasteiger partial charge in [0.15, 0.2) is 0 Å². The minimum Gasteiger partial charge on any atom is -0.345 e. The second kappa shape index (κ2) is 5.22. The molecule has 0 aliphatic carbocycles. The fourth-order valence-corrected chi connectivity index (χ4v) is 1.82. The number of rotatable bonds is 4. The van der Waals surface area contributed by atoms with Crippen LogP contribution in [0.25, 0.3) is 0 Å². The molecule has 0 unspecified atom stereocenters. The maximum Gasteiger partial charge on any atom is 0.209 e. The van der Waals surface area contributed by atoms with Gasteiger partial charge in [0.25, 0.3) is 0 Å². The first-order valence-corrected chi connectivity index (χ1v) is 5.14. The predicted octanol–water partition coefficient (Wildman–Crippen LogP) is 0.807. The second-order valence-electron chi connectivity index (χ2n) is 3.94. The van der Waals surface area contributed by atoms with Crippen LogP contribution in [0.2, 0.25) is 0 Å². The minimum atomic E-state index is 0.723. The number of amides is 1. The van der Waals surface area contributed by atoms with E-state index in [9.17, 15) is 4.79 Å². The molecule has 0 N–H and O–H groups in total. The molecule has 0 aromatic heterocycles. The van der Waals surface area contributed by atoms with E-state index in [1.165, 1.54) is 25.9 Å². The van der Waals surface area contributed by atoms with E-state index in [0.29, 0.717) is 0 Å². The van der Waals surface area contributed by atoms with Gasteiger partial charge >= 0.3 is 0 Å². The lowest BCUT2D eigenvalue weighted by Crippen LogP contribution is -2.36. The Bertz CT molecular complexity index is 153. The molecular weight excluding hydrogens is 164 g/mol. The van der Waals surface area contributed by atoms with Crippen LogP contribution in [0.3, 0.4) is 0 Å². The summed E-state index contributed by atoms with van der Waals surface area (Å²) in [6, 6.07) is 0. The SMILES string of the molecule is CCN(C=O)CC1CCN(C)CC1. The summed E-state index contributed by atoms with van der Waals surface area (Å²) >= 11 is 0. The van der Waals surface area contributed by atoms with Crippen molar-refractivity contribution < 1.29 is 4.79 Å². The quantitative estimate of drug-likeness (QED) is 0.604. The minimum absolute atomic E-state index is 0.723. The summed E-state index contributed by atoms with van der Waals surface area (Å²) in [6.45, 7) is 6.19. The van der Waals surface area contributed by atoms with Crippen molar-refractivity contribution in [1.82, 2.24) is 9.80 Å². The van der Waals surface area contributed by atoms with E-state index in [4.69, 9.17) is 0 Å². The molecule has 13 heavy (non-hydrogen) atoms. The molecule has 1 fully saturated rings. The van der Waals surface area contributed by atoms with Crippen molar-refractivity contribution in [2.75, 3.05) is 33.2 Å². The summed E-state index contributed by atoms with van der Waals surface area (Å²) in [4.78, 5) is 14.8. The van der Waals surface area contributed by atoms with Gasteiger partial charge in [-0.1, -0.05) is 0 Å². The third-order valence-corrected chi connectivity index (χ3v) is 2.89. The van der Waals surface area contributed by atoms with Gasteiger partial charge in [-0.05, 0) is 45.8 Å². The molecule has 0 bridgehead atoms. The standard InChI is InChI=1S/C10H20N2O/c1-3-12(9-13)8-10-4-6-11(2)7-5-10/h9-10H,3-8H2,1-2H3. The van der Waals surface area contributed by atoms with Crippen LogP contribution in [0.15, 0.2) is 0 Å². The van der Waals surface area contributed by atoms with Crippen molar-refractivity contribution >= 4 is 6.41 Å². The molecule has 0 saturated carbocycles. The lowest BCUT2D eigenvalue weighted by atomic mass is 9.97. The molecule has 0 aromatic rings. The number of hydrogen-bond acceptors (Lipinski definition) is 2. The lowest BCUT2D eigenvalue weighted by Gasteiger charge is -2.31. The van der Waals surface area contributed by atoms with Crippen molar-refractivity contribution in [1.29, 1.82) is 0 Å². The van der Waals surface area contributed by atoms with E-state index >= 15 is 0 Å². The number of carbonyl (C=O) groups is 1. The predicted molar refractivity (Wildman–Crippen MR) is 53.5 cm³/mol. The van der Waals surface area contributed by atoms with Gasteiger partial charge in [-0.2, -0.15) is 0 Å². The Labute approximate surface area is 80.7 Å². The van der Waals surface area contributed by atoms with Gasteiger partial charge in [0, 0.05) is 13.1 Å². The van der Waals surface area contributed by atoms with E-state index in [0.717, 1.165) is 25.4 Å². The fraction of sp³-hybridized carbons (Fsp3) is 0.900. The molecule has 1 aliphatic heterocycles. The van der Waals surface area contributed by atoms with Crippen LogP contribution >= 0.6 is 0 Å². The molecule has 0 spiro atoms. The monoisotopic (exact) mass is 184 g/mol. The number of carbonyl (C=O) groups excluding carboxylic acids is 1. The van der Waals surface area contributed by atoms with Gasteiger partial charge < -0.3 is 9.80 Å². The first kappa shape index (κ1) is 10.5. The molecule has 3 heteroatoms. The van der Waals surface area contributed by atoms with Crippen LogP contribution < -0.4 is 0 Å². The molecule has 0 atom stereocenters. The van der Waals surface area contributed by atoms with Gasteiger partial charge in [-0.15, -0.1) is 0 Å². The highest BCUT2D eigenvalue weighted by Gasteiger charge is 2.17. The van der Waals surface area contributed by atoms with Crippen LogP contribution in [0, 0.1) is 5.92 Å². The highest BCUT2D eigenvalue weighted by Crippen LogP contribution is 2.16. The van der Waals surface area contributed by atoms with Crippen molar-refractivity contribution in [2.24, 2.45) is 5.92 Å². The Morgan fingerprint density at radius 2 is 2.08 bits per heavy atom. The molecule has 1 aliphatic rings. The van der Waals surface area contributed by atoms with Crippen LogP contribution in [0.5, 0.6) is 0 Å². The Morgan fingerprint density at radius 3 is 2.54 bits per heavy atom. The topological polar surface area (TPSA) is 23.6 Å². The number of nitrogens with zero attached hydrogens (tertiary/aromatic N) is 2. The van der Waals surface area contributed by atoms with Crippen LogP contribution in [-0.4, -0.2) is 49.4 Å². The summed E-state index contributed by atoms with van der Waals surface area (Å²) in [6.07, 6.45) is 3.44. The summed E-state index contributed by atoms with van der Waals surface area (Å²) in [5.74, 6) is 0.723. The van der Waals surface area contributed by atoms with Crippen LogP contribution in [-0.2, 0) is 4.79 Å². The van der Waals surface area contributed by atoms with Crippen molar-refractivity contribution in [3.05, 3.63) is 0 Å². The normalized spacial score (nSPS) is 20.2. The Balaban J connectivity index is 2.25. The second-order valence-corrected chi connectivity index (χ2v) is 3.94. The zero-order valence-electron chi connectivity index (χ0n) is 8.70. The summed E-state index contributed by atoms with van der Waals surface area (Å²) in [7, 11) is 2.16. The molecule has 3 nitrogen and oxygen atoms in total. The zero-order valence-corrected chi connectivity index (χ0v) is 8.70. The lowest BCUT2D eigenvalue weighted by molar-refractivity contribution is -0.118. The van der Waals surface area contributed by atoms with Crippen LogP contribution in [0.1, 0.15) is 19.8 Å². The third kappa shape index (κ3) is 3.35. The molecule has 1 saturated heterocycles. The molecule has 1 rings (SSSR count). The third-order valence-electron chi connectivity index (χ3n) is 2.89. The van der Waals surface area contributed by atoms with Gasteiger partial charge in [0.1, 0.15) is 0 Å². The maximum absolute atomic E-state index is 10.6. The van der Waals surface area contributed by atoms with E-state index in [2.05, 4.69) is 11.9 Å². The first-order valence-electron chi connectivity index (χ1n) is 5.14. The van der Waals surface area contributed by atoms with Gasteiger partial charge in [0.2, 0.25) is 6.41 Å². The number of piperidine rings is 1. The smallest absolute Gasteiger partial charge is 0.209 e.